The standard InChI is InChI=1S/C17H14F3N3O3S/c18-17(19,20)26-13-5-3-11(4-6-13)22-16-23-12(10-27-16)8-15(24)21-9-14-2-1-7-25-14/h1-7,10H,8-9H2,(H,21,24)(H,22,23). The molecule has 2 aromatic heterocycles. The third-order valence-corrected chi connectivity index (χ3v) is 4.08. The monoisotopic (exact) mass is 397 g/mol. The van der Waals surface area contributed by atoms with Gasteiger partial charge in [0.2, 0.25) is 5.91 Å². The van der Waals surface area contributed by atoms with E-state index in [9.17, 15) is 18.0 Å². The first-order chi connectivity index (χ1) is 12.9. The highest BCUT2D eigenvalue weighted by Gasteiger charge is 2.30. The van der Waals surface area contributed by atoms with Crippen molar-refractivity contribution in [3.05, 3.63) is 59.5 Å². The smallest absolute Gasteiger partial charge is 0.467 e. The zero-order valence-electron chi connectivity index (χ0n) is 13.7. The van der Waals surface area contributed by atoms with Crippen LogP contribution in [-0.4, -0.2) is 17.3 Å². The second kappa shape index (κ2) is 8.12. The van der Waals surface area contributed by atoms with Gasteiger partial charge in [0, 0.05) is 11.1 Å². The third-order valence-electron chi connectivity index (χ3n) is 3.27. The molecule has 142 valence electrons. The summed E-state index contributed by atoms with van der Waals surface area (Å²) in [6.45, 7) is 0.299. The molecule has 1 amide bonds. The van der Waals surface area contributed by atoms with Crippen LogP contribution in [0.5, 0.6) is 5.75 Å². The minimum absolute atomic E-state index is 0.108. The minimum Gasteiger partial charge on any atom is -0.467 e. The number of carbonyl (C=O) groups excluding carboxylic acids is 1. The number of alkyl halides is 3. The van der Waals surface area contributed by atoms with Crippen molar-refractivity contribution in [3.8, 4) is 5.75 Å². The van der Waals surface area contributed by atoms with E-state index in [1.54, 1.807) is 17.5 Å². The number of amides is 1. The Hall–Kier alpha value is -3.01. The van der Waals surface area contributed by atoms with Gasteiger partial charge in [0.05, 0.1) is 24.9 Å². The summed E-state index contributed by atoms with van der Waals surface area (Å²) >= 11 is 1.28. The van der Waals surface area contributed by atoms with Crippen LogP contribution < -0.4 is 15.4 Å². The molecule has 0 radical (unpaired) electrons. The number of hydrogen-bond acceptors (Lipinski definition) is 6. The van der Waals surface area contributed by atoms with Gasteiger partial charge in [0.25, 0.3) is 0 Å². The fourth-order valence-electron chi connectivity index (χ4n) is 2.13. The van der Waals surface area contributed by atoms with Gasteiger partial charge in [-0.05, 0) is 36.4 Å². The van der Waals surface area contributed by atoms with Gasteiger partial charge in [-0.2, -0.15) is 0 Å². The third kappa shape index (κ3) is 6.03. The number of furan rings is 1. The van der Waals surface area contributed by atoms with Crippen LogP contribution in [0.2, 0.25) is 0 Å². The Morgan fingerprint density at radius 2 is 2.00 bits per heavy atom. The fraction of sp³-hybridized carbons (Fsp3) is 0.176. The molecule has 0 aliphatic carbocycles. The van der Waals surface area contributed by atoms with E-state index in [2.05, 4.69) is 20.4 Å². The molecule has 0 saturated carbocycles. The van der Waals surface area contributed by atoms with Crippen molar-refractivity contribution in [3.63, 3.8) is 0 Å². The van der Waals surface area contributed by atoms with E-state index in [0.717, 1.165) is 0 Å². The molecule has 0 atom stereocenters. The first-order valence-corrected chi connectivity index (χ1v) is 8.62. The van der Waals surface area contributed by atoms with E-state index in [0.29, 0.717) is 28.8 Å². The predicted octanol–water partition coefficient (Wildman–Crippen LogP) is 4.24. The van der Waals surface area contributed by atoms with Crippen LogP contribution in [0.15, 0.2) is 52.5 Å². The molecule has 2 N–H and O–H groups in total. The van der Waals surface area contributed by atoms with Gasteiger partial charge >= 0.3 is 6.36 Å². The number of ether oxygens (including phenoxy) is 1. The lowest BCUT2D eigenvalue weighted by Gasteiger charge is -2.09. The Kier molecular flexibility index (Phi) is 5.65. The van der Waals surface area contributed by atoms with Crippen LogP contribution in [-0.2, 0) is 17.8 Å². The summed E-state index contributed by atoms with van der Waals surface area (Å²) in [4.78, 5) is 16.2. The highest BCUT2D eigenvalue weighted by molar-refractivity contribution is 7.13. The average molecular weight is 397 g/mol. The molecule has 0 saturated heterocycles. The second-order valence-electron chi connectivity index (χ2n) is 5.37. The van der Waals surface area contributed by atoms with Gasteiger partial charge in [-0.1, -0.05) is 0 Å². The van der Waals surface area contributed by atoms with Crippen molar-refractivity contribution < 1.29 is 27.1 Å². The Morgan fingerprint density at radius 1 is 1.22 bits per heavy atom. The Bertz CT molecular complexity index is 877. The van der Waals surface area contributed by atoms with Crippen molar-refractivity contribution in [2.24, 2.45) is 0 Å². The zero-order chi connectivity index (χ0) is 19.3. The molecule has 0 fully saturated rings. The molecule has 0 bridgehead atoms. The number of aromatic nitrogens is 1. The van der Waals surface area contributed by atoms with E-state index in [1.807, 2.05) is 0 Å². The first kappa shape index (κ1) is 18.8. The number of anilines is 2. The first-order valence-electron chi connectivity index (χ1n) is 7.74. The fourth-order valence-corrected chi connectivity index (χ4v) is 2.87. The van der Waals surface area contributed by atoms with Gasteiger partial charge in [-0.25, -0.2) is 4.98 Å². The van der Waals surface area contributed by atoms with Crippen molar-refractivity contribution >= 4 is 28.1 Å². The van der Waals surface area contributed by atoms with Crippen molar-refractivity contribution in [2.75, 3.05) is 5.32 Å². The van der Waals surface area contributed by atoms with E-state index < -0.39 is 6.36 Å². The van der Waals surface area contributed by atoms with Crippen LogP contribution in [0.3, 0.4) is 0 Å². The molecular formula is C17H14F3N3O3S. The summed E-state index contributed by atoms with van der Waals surface area (Å²) in [5.74, 6) is 0.153. The summed E-state index contributed by atoms with van der Waals surface area (Å²) in [7, 11) is 0. The molecule has 3 rings (SSSR count). The van der Waals surface area contributed by atoms with Gasteiger partial charge < -0.3 is 19.8 Å². The number of halogens is 3. The predicted molar refractivity (Wildman–Crippen MR) is 92.8 cm³/mol. The summed E-state index contributed by atoms with van der Waals surface area (Å²) < 4.78 is 45.4. The number of nitrogens with zero attached hydrogens (tertiary/aromatic N) is 1. The van der Waals surface area contributed by atoms with Gasteiger partial charge in [0.15, 0.2) is 5.13 Å². The second-order valence-corrected chi connectivity index (χ2v) is 6.23. The SMILES string of the molecule is O=C(Cc1csc(Nc2ccc(OC(F)(F)F)cc2)n1)NCc1ccco1. The quantitative estimate of drug-likeness (QED) is 0.624. The van der Waals surface area contributed by atoms with E-state index >= 15 is 0 Å². The highest BCUT2D eigenvalue weighted by atomic mass is 32.1. The molecule has 2 heterocycles. The Balaban J connectivity index is 1.50. The summed E-state index contributed by atoms with van der Waals surface area (Å²) in [5.41, 5.74) is 1.13. The molecule has 0 aliphatic heterocycles. The van der Waals surface area contributed by atoms with Crippen molar-refractivity contribution in [1.82, 2.24) is 10.3 Å². The molecular weight excluding hydrogens is 383 g/mol. The van der Waals surface area contributed by atoms with Crippen LogP contribution in [0.4, 0.5) is 24.0 Å². The van der Waals surface area contributed by atoms with E-state index in [4.69, 9.17) is 4.42 Å². The lowest BCUT2D eigenvalue weighted by atomic mass is 10.3. The van der Waals surface area contributed by atoms with Crippen LogP contribution >= 0.6 is 11.3 Å². The number of rotatable bonds is 7. The van der Waals surface area contributed by atoms with Gasteiger partial charge in [-0.3, -0.25) is 4.79 Å². The zero-order valence-corrected chi connectivity index (χ0v) is 14.6. The normalized spacial score (nSPS) is 11.2. The lowest BCUT2D eigenvalue weighted by molar-refractivity contribution is -0.274. The van der Waals surface area contributed by atoms with Crippen LogP contribution in [0, 0.1) is 0 Å². The van der Waals surface area contributed by atoms with Crippen molar-refractivity contribution in [1.29, 1.82) is 0 Å². The Labute approximate surface area is 156 Å². The van der Waals surface area contributed by atoms with E-state index in [-0.39, 0.29) is 18.1 Å². The molecule has 27 heavy (non-hydrogen) atoms. The largest absolute Gasteiger partial charge is 0.573 e. The maximum atomic E-state index is 12.1. The van der Waals surface area contributed by atoms with Gasteiger partial charge in [0.1, 0.15) is 11.5 Å². The summed E-state index contributed by atoms with van der Waals surface area (Å²) in [6, 6.07) is 8.78. The topological polar surface area (TPSA) is 76.4 Å². The summed E-state index contributed by atoms with van der Waals surface area (Å²) in [6.07, 6.45) is -3.09. The van der Waals surface area contributed by atoms with Gasteiger partial charge in [-0.15, -0.1) is 24.5 Å². The molecule has 0 spiro atoms. The molecule has 10 heteroatoms. The lowest BCUT2D eigenvalue weighted by Crippen LogP contribution is -2.24. The average Bonchev–Trinajstić information content (AvgIpc) is 3.25. The Morgan fingerprint density at radius 3 is 2.67 bits per heavy atom. The molecule has 0 unspecified atom stereocenters. The number of carbonyl (C=O) groups is 1. The van der Waals surface area contributed by atoms with Crippen LogP contribution in [0.1, 0.15) is 11.5 Å². The molecule has 0 aliphatic rings. The number of benzene rings is 1. The van der Waals surface area contributed by atoms with Crippen LogP contribution in [0.25, 0.3) is 0 Å². The highest BCUT2D eigenvalue weighted by Crippen LogP contribution is 2.26. The van der Waals surface area contributed by atoms with E-state index in [1.165, 1.54) is 41.9 Å². The molecule has 3 aromatic rings. The maximum absolute atomic E-state index is 12.1. The minimum atomic E-state index is -4.73. The number of nitrogens with one attached hydrogen (secondary N) is 2. The number of thiazole rings is 1. The molecule has 1 aromatic carbocycles. The molecule has 6 nitrogen and oxygen atoms in total. The summed E-state index contributed by atoms with van der Waals surface area (Å²) in [5, 5.41) is 7.94. The maximum Gasteiger partial charge on any atom is 0.573 e. The number of hydrogen-bond donors (Lipinski definition) is 2. The van der Waals surface area contributed by atoms with Crippen molar-refractivity contribution in [2.45, 2.75) is 19.3 Å².